The van der Waals surface area contributed by atoms with E-state index in [-0.39, 0.29) is 5.91 Å². The van der Waals surface area contributed by atoms with Crippen molar-refractivity contribution in [3.8, 4) is 5.69 Å². The fourth-order valence-corrected chi connectivity index (χ4v) is 2.34. The zero-order chi connectivity index (χ0) is 14.8. The van der Waals surface area contributed by atoms with Crippen molar-refractivity contribution < 1.29 is 9.90 Å². The van der Waals surface area contributed by atoms with Gasteiger partial charge in [-0.15, -0.1) is 5.10 Å². The second-order valence-corrected chi connectivity index (χ2v) is 5.49. The molecular weight excluding hydrogens is 268 g/mol. The van der Waals surface area contributed by atoms with Crippen LogP contribution in [0, 0.1) is 5.92 Å². The van der Waals surface area contributed by atoms with Gasteiger partial charge in [-0.2, -0.15) is 0 Å². The molecule has 0 saturated heterocycles. The highest BCUT2D eigenvalue weighted by Gasteiger charge is 2.31. The predicted molar refractivity (Wildman–Crippen MR) is 77.1 cm³/mol. The molecule has 1 heterocycles. The van der Waals surface area contributed by atoms with Crippen LogP contribution >= 0.6 is 0 Å². The van der Waals surface area contributed by atoms with Crippen molar-refractivity contribution in [3.63, 3.8) is 0 Å². The van der Waals surface area contributed by atoms with E-state index in [4.69, 9.17) is 0 Å². The van der Waals surface area contributed by atoms with Crippen LogP contribution in [0.25, 0.3) is 5.69 Å². The lowest BCUT2D eigenvalue weighted by molar-refractivity contribution is 0.0645. The summed E-state index contributed by atoms with van der Waals surface area (Å²) in [5.74, 6) is 0.262. The van der Waals surface area contributed by atoms with E-state index in [2.05, 4.69) is 10.3 Å². The number of aliphatic hydroxyl groups excluding tert-OH is 1. The Morgan fingerprint density at radius 1 is 1.52 bits per heavy atom. The summed E-state index contributed by atoms with van der Waals surface area (Å²) in [7, 11) is 1.72. The zero-order valence-corrected chi connectivity index (χ0v) is 11.9. The fraction of sp³-hybridized carbons (Fsp3) is 0.400. The number of aliphatic hydroxyl groups is 1. The second kappa shape index (κ2) is 5.65. The van der Waals surface area contributed by atoms with Gasteiger partial charge in [-0.1, -0.05) is 11.3 Å². The van der Waals surface area contributed by atoms with Gasteiger partial charge < -0.3 is 10.0 Å². The van der Waals surface area contributed by atoms with Gasteiger partial charge in [0.1, 0.15) is 0 Å². The Balaban J connectivity index is 1.73. The van der Waals surface area contributed by atoms with E-state index in [1.165, 1.54) is 0 Å². The van der Waals surface area contributed by atoms with E-state index in [1.807, 2.05) is 12.1 Å². The molecule has 1 atom stereocenters. The van der Waals surface area contributed by atoms with Gasteiger partial charge >= 0.3 is 0 Å². The largest absolute Gasteiger partial charge is 0.391 e. The van der Waals surface area contributed by atoms with Gasteiger partial charge in [0.25, 0.3) is 5.91 Å². The SMILES string of the molecule is CN(CC(O)C1CC1)C(=O)c1cccc(-n2ccnn2)c1. The van der Waals surface area contributed by atoms with Crippen LogP contribution in [0.2, 0.25) is 0 Å². The minimum absolute atomic E-state index is 0.100. The molecule has 1 N–H and O–H groups in total. The highest BCUT2D eigenvalue weighted by atomic mass is 16.3. The molecule has 0 aliphatic heterocycles. The van der Waals surface area contributed by atoms with Crippen LogP contribution in [0.1, 0.15) is 23.2 Å². The van der Waals surface area contributed by atoms with E-state index in [0.717, 1.165) is 18.5 Å². The van der Waals surface area contributed by atoms with Crippen LogP contribution in [0.5, 0.6) is 0 Å². The van der Waals surface area contributed by atoms with E-state index < -0.39 is 6.10 Å². The molecule has 0 bridgehead atoms. The minimum atomic E-state index is -0.419. The van der Waals surface area contributed by atoms with Crippen molar-refractivity contribution in [3.05, 3.63) is 42.2 Å². The molecule has 1 amide bonds. The predicted octanol–water partition coefficient (Wildman–Crippen LogP) is 1.11. The van der Waals surface area contributed by atoms with E-state index >= 15 is 0 Å². The van der Waals surface area contributed by atoms with E-state index in [9.17, 15) is 9.90 Å². The first-order chi connectivity index (χ1) is 10.1. The Hall–Kier alpha value is -2.21. The first kappa shape index (κ1) is 13.8. The molecule has 1 unspecified atom stereocenters. The zero-order valence-electron chi connectivity index (χ0n) is 11.9. The Bertz CT molecular complexity index is 622. The number of amides is 1. The van der Waals surface area contributed by atoms with Crippen molar-refractivity contribution in [1.82, 2.24) is 19.9 Å². The minimum Gasteiger partial charge on any atom is -0.391 e. The number of carbonyl (C=O) groups is 1. The molecule has 6 heteroatoms. The van der Waals surface area contributed by atoms with Crippen LogP contribution in [0.3, 0.4) is 0 Å². The maximum atomic E-state index is 12.4. The lowest BCUT2D eigenvalue weighted by atomic mass is 10.1. The molecule has 1 saturated carbocycles. The summed E-state index contributed by atoms with van der Waals surface area (Å²) in [5, 5.41) is 17.6. The summed E-state index contributed by atoms with van der Waals surface area (Å²) in [6.45, 7) is 0.372. The van der Waals surface area contributed by atoms with E-state index in [0.29, 0.717) is 18.0 Å². The molecule has 1 aromatic heterocycles. The third-order valence-corrected chi connectivity index (χ3v) is 3.75. The summed E-state index contributed by atoms with van der Waals surface area (Å²) < 4.78 is 1.61. The molecule has 0 radical (unpaired) electrons. The molecule has 21 heavy (non-hydrogen) atoms. The smallest absolute Gasteiger partial charge is 0.253 e. The molecule has 2 aromatic rings. The maximum Gasteiger partial charge on any atom is 0.253 e. The molecule has 1 aliphatic rings. The van der Waals surface area contributed by atoms with Gasteiger partial charge in [0.05, 0.1) is 24.2 Å². The monoisotopic (exact) mass is 286 g/mol. The number of likely N-dealkylation sites (N-methyl/N-ethyl adjacent to an activating group) is 1. The highest BCUT2D eigenvalue weighted by Crippen LogP contribution is 2.32. The van der Waals surface area contributed by atoms with E-state index in [1.54, 1.807) is 41.2 Å². The van der Waals surface area contributed by atoms with Crippen LogP contribution in [-0.2, 0) is 0 Å². The average molecular weight is 286 g/mol. The highest BCUT2D eigenvalue weighted by molar-refractivity contribution is 5.94. The fourth-order valence-electron chi connectivity index (χ4n) is 2.34. The topological polar surface area (TPSA) is 71.2 Å². The number of carbonyl (C=O) groups excluding carboxylic acids is 1. The quantitative estimate of drug-likeness (QED) is 0.894. The van der Waals surface area contributed by atoms with Gasteiger partial charge in [0.15, 0.2) is 0 Å². The Kier molecular flexibility index (Phi) is 3.70. The number of hydrogen-bond acceptors (Lipinski definition) is 4. The lowest BCUT2D eigenvalue weighted by Gasteiger charge is -2.21. The van der Waals surface area contributed by atoms with Gasteiger partial charge in [0, 0.05) is 19.2 Å². The molecule has 1 fully saturated rings. The summed E-state index contributed by atoms with van der Waals surface area (Å²) in [5.41, 5.74) is 1.36. The first-order valence-corrected chi connectivity index (χ1v) is 7.05. The molecule has 0 spiro atoms. The van der Waals surface area contributed by atoms with Crippen LogP contribution in [0.4, 0.5) is 0 Å². The van der Waals surface area contributed by atoms with Gasteiger partial charge in [-0.3, -0.25) is 4.79 Å². The van der Waals surface area contributed by atoms with Crippen LogP contribution in [-0.4, -0.2) is 50.6 Å². The van der Waals surface area contributed by atoms with Gasteiger partial charge in [-0.05, 0) is 37.0 Å². The Labute approximate surface area is 123 Å². The van der Waals surface area contributed by atoms with Crippen molar-refractivity contribution in [2.45, 2.75) is 18.9 Å². The van der Waals surface area contributed by atoms with Crippen LogP contribution in [0.15, 0.2) is 36.7 Å². The van der Waals surface area contributed by atoms with Gasteiger partial charge in [0.2, 0.25) is 0 Å². The summed E-state index contributed by atoms with van der Waals surface area (Å²) in [6.07, 6.45) is 5.02. The molecule has 6 nitrogen and oxygen atoms in total. The first-order valence-electron chi connectivity index (χ1n) is 7.05. The molecule has 3 rings (SSSR count). The second-order valence-electron chi connectivity index (χ2n) is 5.49. The average Bonchev–Trinajstić information content (AvgIpc) is 3.21. The molecule has 1 aliphatic carbocycles. The third-order valence-electron chi connectivity index (χ3n) is 3.75. The van der Waals surface area contributed by atoms with Crippen LogP contribution < -0.4 is 0 Å². The molecule has 110 valence electrons. The number of nitrogens with zero attached hydrogens (tertiary/aromatic N) is 4. The van der Waals surface area contributed by atoms with Crippen molar-refractivity contribution >= 4 is 5.91 Å². The standard InChI is InChI=1S/C15H18N4O2/c1-18(10-14(20)11-5-6-11)15(21)12-3-2-4-13(9-12)19-8-7-16-17-19/h2-4,7-9,11,14,20H,5-6,10H2,1H3. The lowest BCUT2D eigenvalue weighted by Crippen LogP contribution is -2.35. The van der Waals surface area contributed by atoms with Crippen molar-refractivity contribution in [2.24, 2.45) is 5.92 Å². The molecular formula is C15H18N4O2. The number of aromatic nitrogens is 3. The normalized spacial score (nSPS) is 15.7. The number of rotatable bonds is 5. The van der Waals surface area contributed by atoms with Gasteiger partial charge in [-0.25, -0.2) is 4.68 Å². The maximum absolute atomic E-state index is 12.4. The van der Waals surface area contributed by atoms with Crippen molar-refractivity contribution in [2.75, 3.05) is 13.6 Å². The Morgan fingerprint density at radius 3 is 3.00 bits per heavy atom. The summed E-state index contributed by atoms with van der Waals surface area (Å²) in [6, 6.07) is 7.22. The number of hydrogen-bond donors (Lipinski definition) is 1. The summed E-state index contributed by atoms with van der Waals surface area (Å²) in [4.78, 5) is 14.0. The number of benzene rings is 1. The van der Waals surface area contributed by atoms with Crippen molar-refractivity contribution in [1.29, 1.82) is 0 Å². The summed E-state index contributed by atoms with van der Waals surface area (Å²) >= 11 is 0. The third kappa shape index (κ3) is 3.11. The Morgan fingerprint density at radius 2 is 2.33 bits per heavy atom. The molecule has 1 aromatic carbocycles.